The van der Waals surface area contributed by atoms with Crippen molar-refractivity contribution < 1.29 is 14.3 Å². The van der Waals surface area contributed by atoms with E-state index in [0.29, 0.717) is 11.3 Å². The Labute approximate surface area is 148 Å². The monoisotopic (exact) mass is 337 g/mol. The van der Waals surface area contributed by atoms with Crippen LogP contribution in [0.15, 0.2) is 48.5 Å². The molecule has 130 valence electrons. The largest absolute Gasteiger partial charge is 0.484 e. The molecule has 1 amide bonds. The molecule has 1 aliphatic rings. The van der Waals surface area contributed by atoms with Gasteiger partial charge in [-0.3, -0.25) is 9.59 Å². The van der Waals surface area contributed by atoms with E-state index in [4.69, 9.17) is 4.74 Å². The molecule has 4 nitrogen and oxygen atoms in total. The summed E-state index contributed by atoms with van der Waals surface area (Å²) in [5.41, 5.74) is 3.04. The summed E-state index contributed by atoms with van der Waals surface area (Å²) in [6.45, 7) is 4.37. The fourth-order valence-electron chi connectivity index (χ4n) is 3.21. The smallest absolute Gasteiger partial charge is 0.261 e. The molecule has 2 aromatic carbocycles. The molecular formula is C21H23NO3. The molecule has 3 rings (SSSR count). The molecule has 1 heterocycles. The Kier molecular flexibility index (Phi) is 5.17. The molecule has 0 saturated carbocycles. The maximum absolute atomic E-state index is 12.6. The first-order valence-corrected chi connectivity index (χ1v) is 8.64. The second-order valence-electron chi connectivity index (χ2n) is 6.53. The van der Waals surface area contributed by atoms with E-state index < -0.39 is 0 Å². The van der Waals surface area contributed by atoms with E-state index >= 15 is 0 Å². The minimum absolute atomic E-state index is 0.00119. The number of aryl methyl sites for hydroxylation is 1. The van der Waals surface area contributed by atoms with Gasteiger partial charge in [0, 0.05) is 12.1 Å². The molecule has 1 atom stereocenters. The highest BCUT2D eigenvalue weighted by Gasteiger charge is 2.29. The summed E-state index contributed by atoms with van der Waals surface area (Å²) in [6, 6.07) is 15.4. The Morgan fingerprint density at radius 1 is 1.08 bits per heavy atom. The lowest BCUT2D eigenvalue weighted by atomic mass is 10.0. The number of hydrogen-bond donors (Lipinski definition) is 0. The van der Waals surface area contributed by atoms with Crippen molar-refractivity contribution in [2.24, 2.45) is 0 Å². The van der Waals surface area contributed by atoms with Gasteiger partial charge in [-0.2, -0.15) is 0 Å². The highest BCUT2D eigenvalue weighted by Crippen LogP contribution is 2.32. The van der Waals surface area contributed by atoms with Gasteiger partial charge >= 0.3 is 0 Å². The van der Waals surface area contributed by atoms with Crippen LogP contribution in [0.2, 0.25) is 0 Å². The third-order valence-corrected chi connectivity index (χ3v) is 4.66. The molecule has 0 radical (unpaired) electrons. The van der Waals surface area contributed by atoms with Gasteiger partial charge in [0.25, 0.3) is 5.91 Å². The number of ketones is 1. The van der Waals surface area contributed by atoms with Crippen LogP contribution in [0.3, 0.4) is 0 Å². The summed E-state index contributed by atoms with van der Waals surface area (Å²) < 4.78 is 5.62. The number of hydrogen-bond acceptors (Lipinski definition) is 3. The van der Waals surface area contributed by atoms with Gasteiger partial charge in [-0.05, 0) is 56.5 Å². The number of ether oxygens (including phenoxy) is 1. The first-order valence-electron chi connectivity index (χ1n) is 8.64. The quantitative estimate of drug-likeness (QED) is 0.776. The Hall–Kier alpha value is -2.62. The van der Waals surface area contributed by atoms with Crippen molar-refractivity contribution in [3.8, 4) is 5.75 Å². The summed E-state index contributed by atoms with van der Waals surface area (Å²) in [5, 5.41) is 0. The number of Topliss-reactive ketones (excluding diaryl/α,β-unsaturated/α-hetero) is 1. The van der Waals surface area contributed by atoms with Gasteiger partial charge in [-0.25, -0.2) is 0 Å². The van der Waals surface area contributed by atoms with Crippen LogP contribution in [0.1, 0.15) is 47.3 Å². The van der Waals surface area contributed by atoms with Crippen molar-refractivity contribution in [1.82, 2.24) is 4.90 Å². The van der Waals surface area contributed by atoms with Crippen molar-refractivity contribution in [2.75, 3.05) is 13.2 Å². The Bertz CT molecular complexity index is 750. The van der Waals surface area contributed by atoms with Crippen molar-refractivity contribution in [2.45, 2.75) is 32.7 Å². The van der Waals surface area contributed by atoms with E-state index in [-0.39, 0.29) is 24.3 Å². The van der Waals surface area contributed by atoms with E-state index in [1.165, 1.54) is 18.1 Å². The molecule has 1 aliphatic heterocycles. The van der Waals surface area contributed by atoms with Crippen LogP contribution in [-0.2, 0) is 4.79 Å². The standard InChI is InChI=1S/C21H23NO3/c1-15-5-7-18(8-6-15)20-4-3-13-22(20)21(24)14-25-19-11-9-17(10-12-19)16(2)23/h5-12,20H,3-4,13-14H2,1-2H3. The van der Waals surface area contributed by atoms with Crippen molar-refractivity contribution in [1.29, 1.82) is 0 Å². The molecule has 0 aromatic heterocycles. The summed E-state index contributed by atoms with van der Waals surface area (Å²) >= 11 is 0. The number of benzene rings is 2. The van der Waals surface area contributed by atoms with Gasteiger partial charge in [-0.1, -0.05) is 29.8 Å². The highest BCUT2D eigenvalue weighted by molar-refractivity contribution is 5.94. The number of carbonyl (C=O) groups is 2. The van der Waals surface area contributed by atoms with Crippen LogP contribution in [0, 0.1) is 6.92 Å². The van der Waals surface area contributed by atoms with Gasteiger partial charge in [0.2, 0.25) is 0 Å². The van der Waals surface area contributed by atoms with E-state index in [2.05, 4.69) is 31.2 Å². The fourth-order valence-corrected chi connectivity index (χ4v) is 3.21. The lowest BCUT2D eigenvalue weighted by Crippen LogP contribution is -2.34. The second kappa shape index (κ2) is 7.51. The molecule has 1 saturated heterocycles. The summed E-state index contributed by atoms with van der Waals surface area (Å²) in [4.78, 5) is 25.8. The molecule has 1 unspecified atom stereocenters. The zero-order chi connectivity index (χ0) is 17.8. The predicted octanol–water partition coefficient (Wildman–Crippen LogP) is 3.94. The van der Waals surface area contributed by atoms with Crippen molar-refractivity contribution in [3.63, 3.8) is 0 Å². The molecule has 1 fully saturated rings. The molecule has 4 heteroatoms. The number of carbonyl (C=O) groups excluding carboxylic acids is 2. The molecule has 25 heavy (non-hydrogen) atoms. The topological polar surface area (TPSA) is 46.6 Å². The van der Waals surface area contributed by atoms with Crippen LogP contribution in [0.5, 0.6) is 5.75 Å². The Morgan fingerprint density at radius 2 is 1.76 bits per heavy atom. The third-order valence-electron chi connectivity index (χ3n) is 4.66. The second-order valence-corrected chi connectivity index (χ2v) is 6.53. The van der Waals surface area contributed by atoms with E-state index in [1.807, 2.05) is 4.90 Å². The maximum Gasteiger partial charge on any atom is 0.261 e. The van der Waals surface area contributed by atoms with Gasteiger partial charge in [0.05, 0.1) is 6.04 Å². The average Bonchev–Trinajstić information content (AvgIpc) is 3.10. The minimum Gasteiger partial charge on any atom is -0.484 e. The highest BCUT2D eigenvalue weighted by atomic mass is 16.5. The number of likely N-dealkylation sites (tertiary alicyclic amines) is 1. The number of rotatable bonds is 5. The third kappa shape index (κ3) is 4.08. The van der Waals surface area contributed by atoms with E-state index in [1.54, 1.807) is 24.3 Å². The molecule has 0 aliphatic carbocycles. The summed E-state index contributed by atoms with van der Waals surface area (Å²) in [5.74, 6) is 0.615. The first kappa shape index (κ1) is 17.2. The fraction of sp³-hybridized carbons (Fsp3) is 0.333. The summed E-state index contributed by atoms with van der Waals surface area (Å²) in [6.07, 6.45) is 2.00. The maximum atomic E-state index is 12.6. The van der Waals surface area contributed by atoms with Crippen molar-refractivity contribution in [3.05, 3.63) is 65.2 Å². The van der Waals surface area contributed by atoms with Crippen LogP contribution in [-0.4, -0.2) is 29.7 Å². The van der Waals surface area contributed by atoms with Gasteiger partial charge in [0.15, 0.2) is 12.4 Å². The lowest BCUT2D eigenvalue weighted by molar-refractivity contribution is -0.134. The number of amides is 1. The molecular weight excluding hydrogens is 314 g/mol. The van der Waals surface area contributed by atoms with Crippen molar-refractivity contribution >= 4 is 11.7 Å². The summed E-state index contributed by atoms with van der Waals surface area (Å²) in [7, 11) is 0. The number of nitrogens with zero attached hydrogens (tertiary/aromatic N) is 1. The first-order chi connectivity index (χ1) is 12.0. The van der Waals surface area contributed by atoms with Crippen LogP contribution in [0.4, 0.5) is 0 Å². The van der Waals surface area contributed by atoms with Crippen LogP contribution in [0.25, 0.3) is 0 Å². The van der Waals surface area contributed by atoms with Gasteiger partial charge < -0.3 is 9.64 Å². The van der Waals surface area contributed by atoms with Gasteiger partial charge in [-0.15, -0.1) is 0 Å². The van der Waals surface area contributed by atoms with Crippen LogP contribution < -0.4 is 4.74 Å². The Morgan fingerprint density at radius 3 is 2.40 bits per heavy atom. The predicted molar refractivity (Wildman–Crippen MR) is 96.8 cm³/mol. The Balaban J connectivity index is 1.62. The van der Waals surface area contributed by atoms with E-state index in [0.717, 1.165) is 19.4 Å². The SMILES string of the molecule is CC(=O)c1ccc(OCC(=O)N2CCCC2c2ccc(C)cc2)cc1. The zero-order valence-corrected chi connectivity index (χ0v) is 14.7. The molecule has 2 aromatic rings. The normalized spacial score (nSPS) is 16.7. The molecule has 0 spiro atoms. The van der Waals surface area contributed by atoms with E-state index in [9.17, 15) is 9.59 Å². The average molecular weight is 337 g/mol. The molecule has 0 bridgehead atoms. The zero-order valence-electron chi connectivity index (χ0n) is 14.7. The minimum atomic E-state index is -0.00119. The lowest BCUT2D eigenvalue weighted by Gasteiger charge is -2.25. The van der Waals surface area contributed by atoms with Gasteiger partial charge in [0.1, 0.15) is 5.75 Å². The van der Waals surface area contributed by atoms with Crippen LogP contribution >= 0.6 is 0 Å². The molecule has 0 N–H and O–H groups in total.